The lowest BCUT2D eigenvalue weighted by Crippen LogP contribution is -2.69. The average Bonchev–Trinajstić information content (AvgIpc) is 3.49. The molecule has 3 rings (SSSR count). The molecule has 1 amide bonds. The van der Waals surface area contributed by atoms with Gasteiger partial charge in [-0.05, 0) is 96.1 Å². The fourth-order valence-electron chi connectivity index (χ4n) is 5.38. The second-order valence-electron chi connectivity index (χ2n) is 15.2. The number of thioether (sulfide) groups is 1. The molecule has 3 atom stereocenters. The minimum atomic E-state index is -4.00. The molecule has 0 radical (unpaired) electrons. The maximum Gasteiger partial charge on any atom is 0.362 e. The molecule has 0 spiro atoms. The van der Waals surface area contributed by atoms with Gasteiger partial charge in [0.15, 0.2) is 24.8 Å². The molecule has 2 heterocycles. The van der Waals surface area contributed by atoms with E-state index >= 15 is 0 Å². The van der Waals surface area contributed by atoms with E-state index in [4.69, 9.17) is 27.2 Å². The number of hydrogen-bond donors (Lipinski definition) is 0. The number of nitrogens with zero attached hydrogens (tertiary/aromatic N) is 3. The van der Waals surface area contributed by atoms with Gasteiger partial charge in [-0.3, -0.25) is 34.7 Å². The zero-order valence-electron chi connectivity index (χ0n) is 32.8. The lowest BCUT2D eigenvalue weighted by Gasteiger charge is -2.52. The van der Waals surface area contributed by atoms with E-state index in [9.17, 15) is 34.6 Å². The van der Waals surface area contributed by atoms with Crippen LogP contribution < -0.4 is 0 Å². The van der Waals surface area contributed by atoms with Crippen LogP contribution in [0.5, 0.6) is 0 Å². The highest BCUT2D eigenvalue weighted by atomic mass is 32.2. The average molecular weight is 814 g/mol. The molecule has 19 heteroatoms. The molecule has 300 valence electrons. The molecular formula is C35H52N3O13PSSi. The van der Waals surface area contributed by atoms with Gasteiger partial charge in [-0.15, -0.1) is 0 Å². The summed E-state index contributed by atoms with van der Waals surface area (Å²) in [6.45, 7) is 22.0. The van der Waals surface area contributed by atoms with Gasteiger partial charge in [0.05, 0.1) is 52.3 Å². The van der Waals surface area contributed by atoms with Crippen LogP contribution in [0.1, 0.15) is 81.2 Å². The third kappa shape index (κ3) is 11.1. The van der Waals surface area contributed by atoms with Gasteiger partial charge in [0.25, 0.3) is 13.3 Å². The Labute approximate surface area is 321 Å². The Morgan fingerprint density at radius 2 is 1.44 bits per heavy atom. The zero-order valence-corrected chi connectivity index (χ0v) is 35.6. The first kappa shape index (κ1) is 45.0. The summed E-state index contributed by atoms with van der Waals surface area (Å²) in [5.41, 5.74) is -0.401. The van der Waals surface area contributed by atoms with Crippen molar-refractivity contribution in [3.8, 4) is 0 Å². The number of non-ortho nitro benzene ring substituents is 1. The second-order valence-corrected chi connectivity index (χ2v) is 23.1. The number of esters is 1. The number of hydrogen-bond acceptors (Lipinski definition) is 14. The Hall–Kier alpha value is -3.38. The molecule has 1 saturated heterocycles. The number of nitro groups is 2. The van der Waals surface area contributed by atoms with Crippen LogP contribution >= 0.6 is 19.3 Å². The molecule has 16 nitrogen and oxygen atoms in total. The van der Waals surface area contributed by atoms with Crippen LogP contribution in [0.15, 0.2) is 46.1 Å². The predicted molar refractivity (Wildman–Crippen MR) is 206 cm³/mol. The SMILES string of the molecule is CC(C)OP(OC(C)C)(OC(C)C)=C(C(=O)OCc1ccc([N+](=O)[O-])cc1)N1C(=O)C(C(C)O[Si](C)(C)C(C)(C)C)C1CC(=O)Sc1cc([N+](=O)[O-])co1. The normalized spacial score (nSPS) is 17.2. The fraction of sp³-hybridized carbons (Fsp3) is 0.600. The minimum absolute atomic E-state index is 0.0194. The summed E-state index contributed by atoms with van der Waals surface area (Å²) in [5, 5.41) is 21.7. The molecule has 0 N–H and O–H groups in total. The summed E-state index contributed by atoms with van der Waals surface area (Å²) in [6, 6.07) is 5.56. The first-order chi connectivity index (χ1) is 24.9. The van der Waals surface area contributed by atoms with Gasteiger partial charge < -0.3 is 27.2 Å². The zero-order chi connectivity index (χ0) is 40.9. The van der Waals surface area contributed by atoms with Crippen molar-refractivity contribution in [1.82, 2.24) is 4.90 Å². The highest BCUT2D eigenvalue weighted by molar-refractivity contribution is 8.13. The number of β-lactam (4-membered cyclic amide) rings is 1. The number of furan rings is 1. The van der Waals surface area contributed by atoms with E-state index in [1.165, 1.54) is 24.3 Å². The Morgan fingerprint density at radius 1 is 0.926 bits per heavy atom. The van der Waals surface area contributed by atoms with Crippen LogP contribution in [0.4, 0.5) is 11.4 Å². The van der Waals surface area contributed by atoms with E-state index in [1.807, 2.05) is 13.1 Å². The third-order valence-corrected chi connectivity index (χ3v) is 17.1. The number of carbonyl (C=O) groups is 3. The molecular weight excluding hydrogens is 762 g/mol. The summed E-state index contributed by atoms with van der Waals surface area (Å²) in [7, 11) is -6.46. The lowest BCUT2D eigenvalue weighted by atomic mass is 9.81. The fourth-order valence-corrected chi connectivity index (χ4v) is 10.5. The molecule has 0 aliphatic carbocycles. The predicted octanol–water partition coefficient (Wildman–Crippen LogP) is 8.25. The van der Waals surface area contributed by atoms with E-state index in [1.54, 1.807) is 48.5 Å². The van der Waals surface area contributed by atoms with Crippen molar-refractivity contribution in [3.05, 3.63) is 62.4 Å². The molecule has 3 unspecified atom stereocenters. The first-order valence-corrected chi connectivity index (χ1v) is 22.8. The Kier molecular flexibility index (Phi) is 15.0. The molecule has 0 saturated carbocycles. The van der Waals surface area contributed by atoms with Crippen molar-refractivity contribution in [1.29, 1.82) is 0 Å². The largest absolute Gasteiger partial charge is 0.456 e. The van der Waals surface area contributed by atoms with E-state index in [0.717, 1.165) is 17.2 Å². The van der Waals surface area contributed by atoms with Crippen LogP contribution in [-0.2, 0) is 43.7 Å². The van der Waals surface area contributed by atoms with Crippen LogP contribution in [0, 0.1) is 26.1 Å². The van der Waals surface area contributed by atoms with Crippen molar-refractivity contribution < 1.29 is 51.4 Å². The number of carbonyl (C=O) groups excluding carboxylic acids is 3. The van der Waals surface area contributed by atoms with Gasteiger partial charge in [-0.2, -0.15) is 0 Å². The van der Waals surface area contributed by atoms with Crippen LogP contribution in [0.2, 0.25) is 18.1 Å². The van der Waals surface area contributed by atoms with E-state index < -0.39 is 79.1 Å². The second kappa shape index (κ2) is 18.0. The van der Waals surface area contributed by atoms with Crippen molar-refractivity contribution in [2.75, 3.05) is 0 Å². The topological polar surface area (TPSA) is 200 Å². The summed E-state index contributed by atoms with van der Waals surface area (Å²) in [6.07, 6.45) is -1.83. The van der Waals surface area contributed by atoms with Gasteiger partial charge >= 0.3 is 11.7 Å². The van der Waals surface area contributed by atoms with Gasteiger partial charge in [-0.1, -0.05) is 20.8 Å². The molecule has 1 aliphatic rings. The summed E-state index contributed by atoms with van der Waals surface area (Å²) in [4.78, 5) is 65.3. The van der Waals surface area contributed by atoms with Gasteiger partial charge in [0.1, 0.15) is 6.61 Å². The van der Waals surface area contributed by atoms with Crippen molar-refractivity contribution in [2.45, 2.75) is 136 Å². The quantitative estimate of drug-likeness (QED) is 0.0265. The standard InChI is InChI=1S/C35H52N3O13PSSi/c1-21(2)48-52(49-22(3)4,50-23(5)6)33(34(41)47-19-25-13-15-26(16-14-25)37(42)43)36-28(18-29(39)53-30-17-27(20-46-30)38(44)45)31(32(36)40)24(7)51-54(11,12)35(8,9)10/h13-17,20-24,28,31H,18-19H2,1-12H3. The molecule has 1 aliphatic heterocycles. The Bertz CT molecular complexity index is 1720. The number of ether oxygens (including phenoxy) is 1. The minimum Gasteiger partial charge on any atom is -0.456 e. The summed E-state index contributed by atoms with van der Waals surface area (Å²) < 4.78 is 36.9. The maximum absolute atomic E-state index is 14.6. The molecule has 2 aromatic rings. The smallest absolute Gasteiger partial charge is 0.362 e. The molecule has 1 fully saturated rings. The third-order valence-electron chi connectivity index (χ3n) is 8.66. The molecule has 0 bridgehead atoms. The number of nitro benzene ring substituents is 1. The van der Waals surface area contributed by atoms with Gasteiger partial charge in [-0.25, -0.2) is 4.79 Å². The van der Waals surface area contributed by atoms with Crippen LogP contribution in [-0.4, -0.2) is 75.9 Å². The van der Waals surface area contributed by atoms with Crippen LogP contribution in [0.25, 0.3) is 0 Å². The van der Waals surface area contributed by atoms with Crippen LogP contribution in [0.3, 0.4) is 0 Å². The van der Waals surface area contributed by atoms with Crippen molar-refractivity contribution in [3.63, 3.8) is 0 Å². The first-order valence-electron chi connectivity index (χ1n) is 17.6. The number of amides is 1. The highest BCUT2D eigenvalue weighted by Gasteiger charge is 2.58. The Morgan fingerprint density at radius 3 is 1.89 bits per heavy atom. The van der Waals surface area contributed by atoms with E-state index in [-0.39, 0.29) is 40.0 Å². The lowest BCUT2D eigenvalue weighted by molar-refractivity contribution is -0.385. The number of likely N-dealkylation sites (tertiary alicyclic amines) is 1. The molecule has 1 aromatic heterocycles. The molecule has 54 heavy (non-hydrogen) atoms. The Balaban J connectivity index is 2.22. The van der Waals surface area contributed by atoms with Crippen molar-refractivity contribution in [2.24, 2.45) is 5.92 Å². The summed E-state index contributed by atoms with van der Waals surface area (Å²) >= 11 is 0.626. The monoisotopic (exact) mass is 813 g/mol. The van der Waals surface area contributed by atoms with Gasteiger partial charge in [0, 0.05) is 18.6 Å². The number of benzene rings is 1. The number of rotatable bonds is 18. The van der Waals surface area contributed by atoms with E-state index in [2.05, 4.69) is 20.8 Å². The van der Waals surface area contributed by atoms with Gasteiger partial charge in [0.2, 0.25) is 11.3 Å². The van der Waals surface area contributed by atoms with E-state index in [0.29, 0.717) is 17.3 Å². The summed E-state index contributed by atoms with van der Waals surface area (Å²) in [5.74, 6) is -2.47. The molecule has 1 aromatic carbocycles. The highest BCUT2D eigenvalue weighted by Crippen LogP contribution is 2.58. The maximum atomic E-state index is 14.6. The van der Waals surface area contributed by atoms with Crippen molar-refractivity contribution >= 4 is 61.4 Å².